The number of primary amides is 1. The van der Waals surface area contributed by atoms with Crippen LogP contribution in [-0.4, -0.2) is 25.7 Å². The number of carbonyl (C=O) groups excluding carboxylic acids is 1. The van der Waals surface area contributed by atoms with Crippen molar-refractivity contribution in [2.75, 3.05) is 13.7 Å². The lowest BCUT2D eigenvalue weighted by Crippen LogP contribution is -2.31. The van der Waals surface area contributed by atoms with E-state index in [1.54, 1.807) is 25.3 Å². The molecule has 0 fully saturated rings. The number of benzene rings is 3. The van der Waals surface area contributed by atoms with Gasteiger partial charge in [-0.15, -0.1) is 0 Å². The second-order valence-corrected chi connectivity index (χ2v) is 7.54. The van der Waals surface area contributed by atoms with Crippen LogP contribution >= 0.6 is 0 Å². The summed E-state index contributed by atoms with van der Waals surface area (Å²) in [5.74, 6) is 0.906. The van der Waals surface area contributed by atoms with Gasteiger partial charge < -0.3 is 20.5 Å². The molecular weight excluding hydrogens is 388 g/mol. The highest BCUT2D eigenvalue weighted by atomic mass is 16.5. The van der Waals surface area contributed by atoms with Crippen LogP contribution in [0.1, 0.15) is 47.3 Å². The van der Waals surface area contributed by atoms with E-state index in [4.69, 9.17) is 15.2 Å². The van der Waals surface area contributed by atoms with Gasteiger partial charge in [0.2, 0.25) is 0 Å². The molecule has 5 heteroatoms. The van der Waals surface area contributed by atoms with Crippen LogP contribution in [0, 0.1) is 0 Å². The van der Waals surface area contributed by atoms with Crippen LogP contribution in [0.15, 0.2) is 78.9 Å². The fourth-order valence-corrected chi connectivity index (χ4v) is 3.56. The molecule has 3 rings (SSSR count). The van der Waals surface area contributed by atoms with Crippen LogP contribution in [0.3, 0.4) is 0 Å². The SMILES string of the molecule is COc1ccc([C@H](N[C@@H](C)CCCOc2ccccc2C(N)=O)c2ccccc2)cc1. The van der Waals surface area contributed by atoms with Gasteiger partial charge >= 0.3 is 0 Å². The van der Waals surface area contributed by atoms with Gasteiger partial charge in [0.15, 0.2) is 0 Å². The molecular formula is C26H30N2O3. The standard InChI is InChI=1S/C26H30N2O3/c1-19(9-8-18-31-24-13-7-6-12-23(24)26(27)29)28-25(20-10-4-3-5-11-20)21-14-16-22(30-2)17-15-21/h3-7,10-17,19,25,28H,8-9,18H2,1-2H3,(H2,27,29)/t19-,25+/m0/s1. The van der Waals surface area contributed by atoms with E-state index >= 15 is 0 Å². The lowest BCUT2D eigenvalue weighted by Gasteiger charge is -2.25. The van der Waals surface area contributed by atoms with E-state index in [0.717, 1.165) is 18.6 Å². The van der Waals surface area contributed by atoms with Crippen molar-refractivity contribution in [2.45, 2.75) is 31.8 Å². The average Bonchev–Trinajstić information content (AvgIpc) is 2.81. The number of para-hydroxylation sites is 1. The summed E-state index contributed by atoms with van der Waals surface area (Å²) in [5.41, 5.74) is 8.23. The number of hydrogen-bond acceptors (Lipinski definition) is 4. The van der Waals surface area contributed by atoms with Crippen molar-refractivity contribution in [2.24, 2.45) is 5.73 Å². The molecule has 0 spiro atoms. The van der Waals surface area contributed by atoms with Crippen molar-refractivity contribution < 1.29 is 14.3 Å². The van der Waals surface area contributed by atoms with Crippen LogP contribution < -0.4 is 20.5 Å². The minimum Gasteiger partial charge on any atom is -0.497 e. The predicted molar refractivity (Wildman–Crippen MR) is 124 cm³/mol. The molecule has 3 N–H and O–H groups in total. The molecule has 1 amide bonds. The van der Waals surface area contributed by atoms with Gasteiger partial charge in [-0.1, -0.05) is 54.6 Å². The Kier molecular flexibility index (Phi) is 8.07. The highest BCUT2D eigenvalue weighted by Crippen LogP contribution is 2.25. The third kappa shape index (κ3) is 6.33. The first-order valence-electron chi connectivity index (χ1n) is 10.5. The molecule has 0 aliphatic rings. The van der Waals surface area contributed by atoms with Crippen LogP contribution in [0.25, 0.3) is 0 Å². The minimum atomic E-state index is -0.476. The third-order valence-corrected chi connectivity index (χ3v) is 5.22. The lowest BCUT2D eigenvalue weighted by atomic mass is 9.97. The Bertz CT molecular complexity index is 958. The molecule has 162 valence electrons. The van der Waals surface area contributed by atoms with Crippen molar-refractivity contribution in [3.63, 3.8) is 0 Å². The Morgan fingerprint density at radius 1 is 0.935 bits per heavy atom. The largest absolute Gasteiger partial charge is 0.497 e. The summed E-state index contributed by atoms with van der Waals surface area (Å²) < 4.78 is 11.1. The molecule has 0 saturated carbocycles. The highest BCUT2D eigenvalue weighted by molar-refractivity contribution is 5.95. The summed E-state index contributed by atoms with van der Waals surface area (Å²) in [6.45, 7) is 2.70. The smallest absolute Gasteiger partial charge is 0.252 e. The monoisotopic (exact) mass is 418 g/mol. The minimum absolute atomic E-state index is 0.0820. The second kappa shape index (κ2) is 11.2. The van der Waals surface area contributed by atoms with Gasteiger partial charge in [-0.3, -0.25) is 4.79 Å². The van der Waals surface area contributed by atoms with Crippen LogP contribution in [0.2, 0.25) is 0 Å². The molecule has 2 atom stereocenters. The van der Waals surface area contributed by atoms with Crippen LogP contribution in [0.4, 0.5) is 0 Å². The number of nitrogens with one attached hydrogen (secondary N) is 1. The van der Waals surface area contributed by atoms with Gasteiger partial charge in [-0.25, -0.2) is 0 Å². The van der Waals surface area contributed by atoms with Crippen molar-refractivity contribution >= 4 is 5.91 Å². The Morgan fingerprint density at radius 3 is 2.26 bits per heavy atom. The quantitative estimate of drug-likeness (QED) is 0.442. The number of hydrogen-bond donors (Lipinski definition) is 2. The maximum atomic E-state index is 11.5. The topological polar surface area (TPSA) is 73.6 Å². The molecule has 31 heavy (non-hydrogen) atoms. The van der Waals surface area contributed by atoms with Gasteiger partial charge in [0.05, 0.1) is 25.3 Å². The van der Waals surface area contributed by atoms with Crippen LogP contribution in [-0.2, 0) is 0 Å². The molecule has 0 aliphatic carbocycles. The molecule has 0 aliphatic heterocycles. The summed E-state index contributed by atoms with van der Waals surface area (Å²) in [6, 6.07) is 26.0. The summed E-state index contributed by atoms with van der Waals surface area (Å²) in [5, 5.41) is 3.74. The van der Waals surface area contributed by atoms with E-state index in [1.807, 2.05) is 24.3 Å². The van der Waals surface area contributed by atoms with Gasteiger partial charge in [0.25, 0.3) is 5.91 Å². The van der Waals surface area contributed by atoms with Crippen molar-refractivity contribution in [1.29, 1.82) is 0 Å². The van der Waals surface area contributed by atoms with Gasteiger partial charge in [-0.05, 0) is 55.2 Å². The molecule has 0 aromatic heterocycles. The molecule has 0 radical (unpaired) electrons. The van der Waals surface area contributed by atoms with E-state index in [0.29, 0.717) is 17.9 Å². The van der Waals surface area contributed by atoms with E-state index in [-0.39, 0.29) is 12.1 Å². The number of amides is 1. The van der Waals surface area contributed by atoms with Gasteiger partial charge in [0.1, 0.15) is 11.5 Å². The first-order chi connectivity index (χ1) is 15.1. The molecule has 5 nitrogen and oxygen atoms in total. The maximum absolute atomic E-state index is 11.5. The summed E-state index contributed by atoms with van der Waals surface area (Å²) in [7, 11) is 1.67. The van der Waals surface area contributed by atoms with E-state index < -0.39 is 5.91 Å². The predicted octanol–water partition coefficient (Wildman–Crippen LogP) is 4.72. The number of ether oxygens (including phenoxy) is 2. The Balaban J connectivity index is 1.59. The lowest BCUT2D eigenvalue weighted by molar-refractivity contribution is 0.0996. The van der Waals surface area contributed by atoms with Crippen LogP contribution in [0.5, 0.6) is 11.5 Å². The zero-order chi connectivity index (χ0) is 22.1. The molecule has 0 bridgehead atoms. The van der Waals surface area contributed by atoms with Crippen molar-refractivity contribution in [1.82, 2.24) is 5.32 Å². The number of rotatable bonds is 11. The number of carbonyl (C=O) groups is 1. The number of nitrogens with two attached hydrogens (primary N) is 1. The molecule has 3 aromatic rings. The normalized spacial score (nSPS) is 12.7. The van der Waals surface area contributed by atoms with Gasteiger partial charge in [0, 0.05) is 6.04 Å². The van der Waals surface area contributed by atoms with E-state index in [9.17, 15) is 4.79 Å². The number of methoxy groups -OCH3 is 1. The maximum Gasteiger partial charge on any atom is 0.252 e. The van der Waals surface area contributed by atoms with Crippen molar-refractivity contribution in [3.8, 4) is 11.5 Å². The summed E-state index contributed by atoms with van der Waals surface area (Å²) >= 11 is 0. The fraction of sp³-hybridized carbons (Fsp3) is 0.269. The zero-order valence-corrected chi connectivity index (χ0v) is 18.1. The molecule has 0 heterocycles. The fourth-order valence-electron chi connectivity index (χ4n) is 3.56. The average molecular weight is 419 g/mol. The summed E-state index contributed by atoms with van der Waals surface area (Å²) in [4.78, 5) is 11.5. The Hall–Kier alpha value is -3.31. The van der Waals surface area contributed by atoms with Crippen molar-refractivity contribution in [3.05, 3.63) is 95.6 Å². The molecule has 0 saturated heterocycles. The first kappa shape index (κ1) is 22.4. The second-order valence-electron chi connectivity index (χ2n) is 7.54. The van der Waals surface area contributed by atoms with Gasteiger partial charge in [-0.2, -0.15) is 0 Å². The Labute approximate surface area is 184 Å². The Morgan fingerprint density at radius 2 is 1.58 bits per heavy atom. The highest BCUT2D eigenvalue weighted by Gasteiger charge is 2.17. The van der Waals surface area contributed by atoms with E-state index in [1.165, 1.54) is 11.1 Å². The first-order valence-corrected chi connectivity index (χ1v) is 10.5. The third-order valence-electron chi connectivity index (χ3n) is 5.22. The molecule has 0 unspecified atom stereocenters. The summed E-state index contributed by atoms with van der Waals surface area (Å²) in [6.07, 6.45) is 1.78. The van der Waals surface area contributed by atoms with E-state index in [2.05, 4.69) is 48.6 Å². The molecule has 3 aromatic carbocycles. The zero-order valence-electron chi connectivity index (χ0n) is 18.1.